The molecule has 4 N–H and O–H groups in total. The lowest BCUT2D eigenvalue weighted by Gasteiger charge is -2.24. The standard InChI is InChI=1S/C14H24N4O2S/c1-11(18-7-3-4-8-18)10-17-14-6-5-12(9-13(14)15)21(19,20)16-2/h5-6,9,11,16-17H,3-4,7-8,10,15H2,1-2H3. The van der Waals surface area contributed by atoms with Gasteiger partial charge < -0.3 is 11.1 Å². The fourth-order valence-corrected chi connectivity index (χ4v) is 3.32. The molecule has 21 heavy (non-hydrogen) atoms. The molecule has 0 saturated carbocycles. The molecule has 7 heteroatoms. The molecule has 2 rings (SSSR count). The van der Waals surface area contributed by atoms with Gasteiger partial charge in [-0.05, 0) is 58.1 Å². The molecule has 1 saturated heterocycles. The van der Waals surface area contributed by atoms with Crippen LogP contribution in [0.3, 0.4) is 0 Å². The second-order valence-corrected chi connectivity index (χ2v) is 7.32. The number of hydrogen-bond donors (Lipinski definition) is 3. The van der Waals surface area contributed by atoms with Crippen LogP contribution in [0.25, 0.3) is 0 Å². The van der Waals surface area contributed by atoms with E-state index in [1.807, 2.05) is 0 Å². The molecule has 1 aromatic rings. The van der Waals surface area contributed by atoms with Crippen molar-refractivity contribution in [1.82, 2.24) is 9.62 Å². The van der Waals surface area contributed by atoms with Gasteiger partial charge in [-0.2, -0.15) is 0 Å². The van der Waals surface area contributed by atoms with Gasteiger partial charge in [0.05, 0.1) is 16.3 Å². The lowest BCUT2D eigenvalue weighted by atomic mass is 10.2. The highest BCUT2D eigenvalue weighted by molar-refractivity contribution is 7.89. The van der Waals surface area contributed by atoms with Crippen molar-refractivity contribution in [2.45, 2.75) is 30.7 Å². The molecule has 0 bridgehead atoms. The topological polar surface area (TPSA) is 87.5 Å². The number of nitrogens with zero attached hydrogens (tertiary/aromatic N) is 1. The zero-order chi connectivity index (χ0) is 15.5. The Morgan fingerprint density at radius 3 is 2.57 bits per heavy atom. The van der Waals surface area contributed by atoms with Crippen LogP contribution in [0, 0.1) is 0 Å². The molecule has 0 radical (unpaired) electrons. The summed E-state index contributed by atoms with van der Waals surface area (Å²) in [5, 5.41) is 3.30. The van der Waals surface area contributed by atoms with Crippen LogP contribution < -0.4 is 15.8 Å². The first kappa shape index (κ1) is 16.1. The Bertz CT molecular complexity index is 583. The van der Waals surface area contributed by atoms with Crippen molar-refractivity contribution < 1.29 is 8.42 Å². The number of hydrogen-bond acceptors (Lipinski definition) is 5. The Morgan fingerprint density at radius 2 is 2.00 bits per heavy atom. The van der Waals surface area contributed by atoms with E-state index < -0.39 is 10.0 Å². The highest BCUT2D eigenvalue weighted by Crippen LogP contribution is 2.23. The van der Waals surface area contributed by atoms with Gasteiger partial charge in [0.15, 0.2) is 0 Å². The van der Waals surface area contributed by atoms with Gasteiger partial charge in [0.25, 0.3) is 0 Å². The lowest BCUT2D eigenvalue weighted by molar-refractivity contribution is 0.269. The zero-order valence-corrected chi connectivity index (χ0v) is 13.4. The molecule has 1 atom stereocenters. The summed E-state index contributed by atoms with van der Waals surface area (Å²) in [6.45, 7) is 5.28. The van der Waals surface area contributed by atoms with E-state index in [9.17, 15) is 8.42 Å². The maximum absolute atomic E-state index is 11.7. The van der Waals surface area contributed by atoms with E-state index in [-0.39, 0.29) is 4.90 Å². The first-order valence-electron chi connectivity index (χ1n) is 7.25. The van der Waals surface area contributed by atoms with E-state index in [0.717, 1.165) is 25.3 Å². The Labute approximate surface area is 126 Å². The van der Waals surface area contributed by atoms with Crippen molar-refractivity contribution >= 4 is 21.4 Å². The van der Waals surface area contributed by atoms with Crippen molar-refractivity contribution in [3.63, 3.8) is 0 Å². The van der Waals surface area contributed by atoms with Crippen LogP contribution in [0.2, 0.25) is 0 Å². The Hall–Kier alpha value is -1.31. The third-order valence-corrected chi connectivity index (χ3v) is 5.37. The van der Waals surface area contributed by atoms with E-state index >= 15 is 0 Å². The SMILES string of the molecule is CNS(=O)(=O)c1ccc(NCC(C)N2CCCC2)c(N)c1. The van der Waals surface area contributed by atoms with Gasteiger partial charge in [-0.3, -0.25) is 4.90 Å². The number of anilines is 2. The molecule has 1 unspecified atom stereocenters. The van der Waals surface area contributed by atoms with Crippen LogP contribution in [0.5, 0.6) is 0 Å². The first-order valence-corrected chi connectivity index (χ1v) is 8.73. The largest absolute Gasteiger partial charge is 0.397 e. The maximum atomic E-state index is 11.7. The highest BCUT2D eigenvalue weighted by atomic mass is 32.2. The molecule has 0 spiro atoms. The van der Waals surface area contributed by atoms with Gasteiger partial charge in [0.2, 0.25) is 10.0 Å². The minimum absolute atomic E-state index is 0.181. The number of benzene rings is 1. The molecular formula is C14H24N4O2S. The molecule has 1 fully saturated rings. The van der Waals surface area contributed by atoms with E-state index in [1.165, 1.54) is 26.0 Å². The smallest absolute Gasteiger partial charge is 0.240 e. The summed E-state index contributed by atoms with van der Waals surface area (Å²) >= 11 is 0. The van der Waals surface area contributed by atoms with E-state index in [2.05, 4.69) is 21.9 Å². The summed E-state index contributed by atoms with van der Waals surface area (Å²) in [5.41, 5.74) is 7.16. The fraction of sp³-hybridized carbons (Fsp3) is 0.571. The zero-order valence-electron chi connectivity index (χ0n) is 12.6. The lowest BCUT2D eigenvalue weighted by Crippen LogP contribution is -2.35. The number of rotatable bonds is 6. The third kappa shape index (κ3) is 3.87. The van der Waals surface area contributed by atoms with Gasteiger partial charge in [-0.25, -0.2) is 13.1 Å². The second-order valence-electron chi connectivity index (χ2n) is 5.43. The summed E-state index contributed by atoms with van der Waals surface area (Å²) < 4.78 is 25.7. The van der Waals surface area contributed by atoms with Crippen LogP contribution >= 0.6 is 0 Å². The molecule has 118 valence electrons. The van der Waals surface area contributed by atoms with E-state index in [0.29, 0.717) is 11.7 Å². The number of nitrogens with one attached hydrogen (secondary N) is 2. The van der Waals surface area contributed by atoms with Crippen LogP contribution in [0.1, 0.15) is 19.8 Å². The molecule has 0 aliphatic carbocycles. The van der Waals surface area contributed by atoms with Gasteiger partial charge in [-0.15, -0.1) is 0 Å². The average Bonchev–Trinajstić information content (AvgIpc) is 2.99. The number of nitrogens with two attached hydrogens (primary N) is 1. The summed E-state index contributed by atoms with van der Waals surface area (Å²) in [6, 6.07) is 5.20. The van der Waals surface area contributed by atoms with Gasteiger partial charge in [-0.1, -0.05) is 0 Å². The fourth-order valence-electron chi connectivity index (χ4n) is 2.56. The summed E-state index contributed by atoms with van der Waals surface area (Å²) in [6.07, 6.45) is 2.53. The summed E-state index contributed by atoms with van der Waals surface area (Å²) in [4.78, 5) is 2.63. The third-order valence-electron chi connectivity index (χ3n) is 3.95. The van der Waals surface area contributed by atoms with Crippen molar-refractivity contribution in [1.29, 1.82) is 0 Å². The predicted octanol–water partition coefficient (Wildman–Crippen LogP) is 1.07. The van der Waals surface area contributed by atoms with Gasteiger partial charge >= 0.3 is 0 Å². The van der Waals surface area contributed by atoms with Crippen molar-refractivity contribution in [3.8, 4) is 0 Å². The van der Waals surface area contributed by atoms with Crippen molar-refractivity contribution in [3.05, 3.63) is 18.2 Å². The molecule has 6 nitrogen and oxygen atoms in total. The van der Waals surface area contributed by atoms with Crippen LogP contribution in [-0.4, -0.2) is 46.0 Å². The van der Waals surface area contributed by atoms with Crippen LogP contribution in [0.4, 0.5) is 11.4 Å². The molecule has 0 aromatic heterocycles. The van der Waals surface area contributed by atoms with Crippen molar-refractivity contribution in [2.75, 3.05) is 37.7 Å². The number of sulfonamides is 1. The molecule has 1 aliphatic heterocycles. The molecule has 0 amide bonds. The maximum Gasteiger partial charge on any atom is 0.240 e. The number of nitrogen functional groups attached to an aromatic ring is 1. The minimum atomic E-state index is -3.45. The normalized spacial score (nSPS) is 17.8. The molecule has 1 aliphatic rings. The Balaban J connectivity index is 2.01. The molecular weight excluding hydrogens is 288 g/mol. The second kappa shape index (κ2) is 6.64. The van der Waals surface area contributed by atoms with Crippen molar-refractivity contribution in [2.24, 2.45) is 0 Å². The first-order chi connectivity index (χ1) is 9.94. The average molecular weight is 312 g/mol. The quantitative estimate of drug-likeness (QED) is 0.684. The van der Waals surface area contributed by atoms with Crippen LogP contribution in [-0.2, 0) is 10.0 Å². The highest BCUT2D eigenvalue weighted by Gasteiger charge is 2.18. The molecule has 1 aromatic carbocycles. The Kier molecular flexibility index (Phi) is 5.08. The van der Waals surface area contributed by atoms with Gasteiger partial charge in [0.1, 0.15) is 0 Å². The van der Waals surface area contributed by atoms with Crippen LogP contribution in [0.15, 0.2) is 23.1 Å². The monoisotopic (exact) mass is 312 g/mol. The predicted molar refractivity (Wildman–Crippen MR) is 85.9 cm³/mol. The van der Waals surface area contributed by atoms with E-state index in [4.69, 9.17) is 5.73 Å². The summed E-state index contributed by atoms with van der Waals surface area (Å²) in [7, 11) is -2.06. The van der Waals surface area contributed by atoms with Gasteiger partial charge in [0, 0.05) is 12.6 Å². The van der Waals surface area contributed by atoms with E-state index in [1.54, 1.807) is 12.1 Å². The Morgan fingerprint density at radius 1 is 1.33 bits per heavy atom. The summed E-state index contributed by atoms with van der Waals surface area (Å²) in [5.74, 6) is 0. The minimum Gasteiger partial charge on any atom is -0.397 e. The molecule has 1 heterocycles. The number of likely N-dealkylation sites (tertiary alicyclic amines) is 1.